The second-order valence-electron chi connectivity index (χ2n) is 5.93. The van der Waals surface area contributed by atoms with Gasteiger partial charge in [0.1, 0.15) is 6.04 Å². The first kappa shape index (κ1) is 17.0. The van der Waals surface area contributed by atoms with E-state index < -0.39 is 12.1 Å². The van der Waals surface area contributed by atoms with Gasteiger partial charge in [-0.25, -0.2) is 0 Å². The smallest absolute Gasteiger partial charge is 0.242 e. The molecule has 116 valence electrons. The van der Waals surface area contributed by atoms with Crippen molar-refractivity contribution >= 4 is 11.8 Å². The Morgan fingerprint density at radius 3 is 2.45 bits per heavy atom. The van der Waals surface area contributed by atoms with Crippen molar-refractivity contribution in [3.05, 3.63) is 0 Å². The first-order valence-corrected chi connectivity index (χ1v) is 7.74. The van der Waals surface area contributed by atoms with Gasteiger partial charge in [-0.05, 0) is 39.0 Å². The molecular weight excluding hydrogens is 256 g/mol. The number of aliphatic hydroxyl groups excluding tert-OH is 1. The number of nitrogens with one attached hydrogen (secondary N) is 2. The molecule has 5 nitrogen and oxygen atoms in total. The summed E-state index contributed by atoms with van der Waals surface area (Å²) in [7, 11) is 0. The fourth-order valence-electron chi connectivity index (χ4n) is 2.58. The van der Waals surface area contributed by atoms with Crippen molar-refractivity contribution in [1.29, 1.82) is 0 Å². The van der Waals surface area contributed by atoms with Crippen LogP contribution in [0.25, 0.3) is 0 Å². The summed E-state index contributed by atoms with van der Waals surface area (Å²) in [5, 5.41) is 14.6. The van der Waals surface area contributed by atoms with Crippen molar-refractivity contribution in [2.75, 3.05) is 6.54 Å². The van der Waals surface area contributed by atoms with Crippen LogP contribution in [0.3, 0.4) is 0 Å². The zero-order valence-electron chi connectivity index (χ0n) is 12.7. The van der Waals surface area contributed by atoms with E-state index in [2.05, 4.69) is 10.6 Å². The Bertz CT molecular complexity index is 312. The Labute approximate surface area is 121 Å². The van der Waals surface area contributed by atoms with E-state index in [-0.39, 0.29) is 11.8 Å². The number of amides is 2. The average Bonchev–Trinajstić information content (AvgIpc) is 2.39. The molecule has 0 aromatic rings. The molecule has 0 saturated heterocycles. The quantitative estimate of drug-likeness (QED) is 0.660. The van der Waals surface area contributed by atoms with E-state index in [4.69, 9.17) is 5.11 Å². The summed E-state index contributed by atoms with van der Waals surface area (Å²) in [6.07, 6.45) is 6.59. The fraction of sp³-hybridized carbons (Fsp3) is 0.867. The van der Waals surface area contributed by atoms with Crippen molar-refractivity contribution in [2.45, 2.75) is 70.9 Å². The summed E-state index contributed by atoms with van der Waals surface area (Å²) in [5.41, 5.74) is 0. The zero-order chi connectivity index (χ0) is 15.0. The number of carbonyl (C=O) groups is 2. The van der Waals surface area contributed by atoms with Crippen LogP contribution in [0.4, 0.5) is 0 Å². The normalized spacial score (nSPS) is 19.1. The van der Waals surface area contributed by atoms with Gasteiger partial charge in [0, 0.05) is 13.0 Å². The van der Waals surface area contributed by atoms with E-state index in [1.807, 2.05) is 0 Å². The third kappa shape index (κ3) is 6.89. The molecule has 2 amide bonds. The summed E-state index contributed by atoms with van der Waals surface area (Å²) in [5.74, 6) is 0.256. The van der Waals surface area contributed by atoms with Crippen LogP contribution < -0.4 is 10.6 Å². The van der Waals surface area contributed by atoms with Crippen LogP contribution in [0.1, 0.15) is 58.8 Å². The molecule has 2 atom stereocenters. The van der Waals surface area contributed by atoms with Crippen molar-refractivity contribution in [1.82, 2.24) is 10.6 Å². The van der Waals surface area contributed by atoms with Crippen LogP contribution in [-0.2, 0) is 9.59 Å². The second kappa shape index (κ2) is 8.95. The molecule has 0 spiro atoms. The lowest BCUT2D eigenvalue weighted by Crippen LogP contribution is -2.45. The largest absolute Gasteiger partial charge is 0.393 e. The zero-order valence-corrected chi connectivity index (χ0v) is 12.7. The summed E-state index contributed by atoms with van der Waals surface area (Å²) < 4.78 is 0. The monoisotopic (exact) mass is 284 g/mol. The van der Waals surface area contributed by atoms with Crippen molar-refractivity contribution in [2.24, 2.45) is 5.92 Å². The maximum absolute atomic E-state index is 11.9. The van der Waals surface area contributed by atoms with Crippen LogP contribution in [0.15, 0.2) is 0 Å². The van der Waals surface area contributed by atoms with Crippen molar-refractivity contribution < 1.29 is 14.7 Å². The van der Waals surface area contributed by atoms with Crippen LogP contribution in [0, 0.1) is 5.92 Å². The second-order valence-corrected chi connectivity index (χ2v) is 5.93. The maximum atomic E-state index is 11.9. The molecular formula is C15H28N2O3. The Morgan fingerprint density at radius 2 is 1.85 bits per heavy atom. The van der Waals surface area contributed by atoms with Gasteiger partial charge in [0.25, 0.3) is 0 Å². The van der Waals surface area contributed by atoms with Gasteiger partial charge in [-0.15, -0.1) is 0 Å². The minimum atomic E-state index is -0.514. The van der Waals surface area contributed by atoms with Gasteiger partial charge in [0.2, 0.25) is 11.8 Å². The Hall–Kier alpha value is -1.10. The van der Waals surface area contributed by atoms with Gasteiger partial charge in [-0.3, -0.25) is 9.59 Å². The molecule has 20 heavy (non-hydrogen) atoms. The van der Waals surface area contributed by atoms with Crippen molar-refractivity contribution in [3.8, 4) is 0 Å². The maximum Gasteiger partial charge on any atom is 0.242 e. The molecule has 1 aliphatic rings. The number of hydrogen-bond donors (Lipinski definition) is 3. The Kier molecular flexibility index (Phi) is 7.59. The molecule has 1 aliphatic carbocycles. The predicted molar refractivity (Wildman–Crippen MR) is 78.1 cm³/mol. The molecule has 0 radical (unpaired) electrons. The van der Waals surface area contributed by atoms with Gasteiger partial charge in [0.15, 0.2) is 0 Å². The van der Waals surface area contributed by atoms with Gasteiger partial charge in [0.05, 0.1) is 6.10 Å². The standard InChI is InChI=1S/C15H28N2O3/c1-11(18)8-9-16-15(20)12(2)17-14(19)10-13-6-4-3-5-7-13/h11-13,18H,3-10H2,1-2H3,(H,16,20)(H,17,19). The summed E-state index contributed by atoms with van der Waals surface area (Å²) in [6, 6.07) is -0.514. The van der Waals surface area contributed by atoms with E-state index in [1.165, 1.54) is 19.3 Å². The Morgan fingerprint density at radius 1 is 1.20 bits per heavy atom. The molecule has 1 fully saturated rings. The molecule has 2 unspecified atom stereocenters. The van der Waals surface area contributed by atoms with E-state index >= 15 is 0 Å². The van der Waals surface area contributed by atoms with E-state index in [0.717, 1.165) is 12.8 Å². The molecule has 0 heterocycles. The van der Waals surface area contributed by atoms with Crippen molar-refractivity contribution in [3.63, 3.8) is 0 Å². The number of rotatable bonds is 7. The number of carbonyl (C=O) groups excluding carboxylic acids is 2. The number of hydrogen-bond acceptors (Lipinski definition) is 3. The molecule has 0 aromatic carbocycles. The molecule has 5 heteroatoms. The molecule has 3 N–H and O–H groups in total. The van der Waals surface area contributed by atoms with Gasteiger partial charge in [-0.1, -0.05) is 19.3 Å². The fourth-order valence-corrected chi connectivity index (χ4v) is 2.58. The highest BCUT2D eigenvalue weighted by atomic mass is 16.3. The van der Waals surface area contributed by atoms with E-state index in [9.17, 15) is 9.59 Å². The molecule has 1 saturated carbocycles. The van der Waals surface area contributed by atoms with E-state index in [1.54, 1.807) is 13.8 Å². The van der Waals surface area contributed by atoms with Crippen LogP contribution in [0.2, 0.25) is 0 Å². The predicted octanol–water partition coefficient (Wildman–Crippen LogP) is 1.35. The molecule has 0 aromatic heterocycles. The SMILES string of the molecule is CC(O)CCNC(=O)C(C)NC(=O)CC1CCCCC1. The summed E-state index contributed by atoms with van der Waals surface area (Å²) in [6.45, 7) is 3.80. The Balaban J connectivity index is 2.20. The minimum absolute atomic E-state index is 0.0323. The van der Waals surface area contributed by atoms with Gasteiger partial charge >= 0.3 is 0 Å². The molecule has 0 aliphatic heterocycles. The van der Waals surface area contributed by atoms with Crippen LogP contribution in [0.5, 0.6) is 0 Å². The summed E-state index contributed by atoms with van der Waals surface area (Å²) >= 11 is 0. The molecule has 1 rings (SSSR count). The average molecular weight is 284 g/mol. The highest BCUT2D eigenvalue weighted by molar-refractivity contribution is 5.87. The lowest BCUT2D eigenvalue weighted by Gasteiger charge is -2.22. The first-order chi connectivity index (χ1) is 9.49. The summed E-state index contributed by atoms with van der Waals surface area (Å²) in [4.78, 5) is 23.6. The van der Waals surface area contributed by atoms with Gasteiger partial charge < -0.3 is 15.7 Å². The van der Waals surface area contributed by atoms with E-state index in [0.29, 0.717) is 25.3 Å². The highest BCUT2D eigenvalue weighted by Gasteiger charge is 2.20. The van der Waals surface area contributed by atoms with Crippen LogP contribution in [-0.4, -0.2) is 35.6 Å². The van der Waals surface area contributed by atoms with Gasteiger partial charge in [-0.2, -0.15) is 0 Å². The lowest BCUT2D eigenvalue weighted by atomic mass is 9.87. The minimum Gasteiger partial charge on any atom is -0.393 e. The topological polar surface area (TPSA) is 78.4 Å². The third-order valence-corrected chi connectivity index (χ3v) is 3.83. The van der Waals surface area contributed by atoms with Crippen LogP contribution >= 0.6 is 0 Å². The molecule has 0 bridgehead atoms. The highest BCUT2D eigenvalue weighted by Crippen LogP contribution is 2.26. The lowest BCUT2D eigenvalue weighted by molar-refractivity contribution is -0.129. The first-order valence-electron chi connectivity index (χ1n) is 7.74. The number of aliphatic hydroxyl groups is 1. The third-order valence-electron chi connectivity index (χ3n) is 3.83.